The highest BCUT2D eigenvalue weighted by atomic mass is 32.2. The van der Waals surface area contributed by atoms with Crippen LogP contribution in [0, 0.1) is 0 Å². The van der Waals surface area contributed by atoms with Crippen molar-refractivity contribution in [2.75, 3.05) is 0 Å². The summed E-state index contributed by atoms with van der Waals surface area (Å²) >= 11 is 1.44. The van der Waals surface area contributed by atoms with Crippen molar-refractivity contribution in [3.05, 3.63) is 36.2 Å². The Morgan fingerprint density at radius 1 is 1.16 bits per heavy atom. The van der Waals surface area contributed by atoms with Crippen LogP contribution in [-0.4, -0.2) is 32.1 Å². The molecule has 1 aliphatic heterocycles. The molecule has 2 heterocycles. The van der Waals surface area contributed by atoms with E-state index in [-0.39, 0.29) is 17.3 Å². The molecule has 0 amide bonds. The lowest BCUT2D eigenvalue weighted by Gasteiger charge is -2.21. The molecule has 1 aromatic carbocycles. The van der Waals surface area contributed by atoms with Crippen LogP contribution >= 0.6 is 11.8 Å². The summed E-state index contributed by atoms with van der Waals surface area (Å²) in [5.74, 6) is 1.34. The Morgan fingerprint density at radius 2 is 1.92 bits per heavy atom. The van der Waals surface area contributed by atoms with E-state index in [1.54, 1.807) is 0 Å². The first kappa shape index (κ1) is 16.6. The molecule has 1 saturated heterocycles. The number of cyclic esters (lactones) is 1. The fourth-order valence-electron chi connectivity index (χ4n) is 3.68. The van der Waals surface area contributed by atoms with Gasteiger partial charge >= 0.3 is 5.97 Å². The third kappa shape index (κ3) is 3.59. The molecule has 1 aliphatic carbocycles. The van der Waals surface area contributed by atoms with E-state index >= 15 is 0 Å². The first-order valence-electron chi connectivity index (χ1n) is 9.10. The van der Waals surface area contributed by atoms with E-state index in [2.05, 4.69) is 12.1 Å². The van der Waals surface area contributed by atoms with Crippen LogP contribution in [0.2, 0.25) is 0 Å². The van der Waals surface area contributed by atoms with Crippen LogP contribution in [0.4, 0.5) is 0 Å². The number of rotatable bonds is 4. The lowest BCUT2D eigenvalue weighted by Crippen LogP contribution is -2.12. The molecule has 6 heteroatoms. The second-order valence-corrected chi connectivity index (χ2v) is 8.09. The van der Waals surface area contributed by atoms with Crippen molar-refractivity contribution in [3.63, 3.8) is 0 Å². The minimum atomic E-state index is -0.194. The van der Waals surface area contributed by atoms with Crippen LogP contribution < -0.4 is 0 Å². The van der Waals surface area contributed by atoms with Crippen LogP contribution in [-0.2, 0) is 9.53 Å². The van der Waals surface area contributed by atoms with Gasteiger partial charge in [0.1, 0.15) is 17.2 Å². The van der Waals surface area contributed by atoms with E-state index in [4.69, 9.17) is 14.8 Å². The van der Waals surface area contributed by atoms with Crippen molar-refractivity contribution in [1.82, 2.24) is 14.8 Å². The zero-order valence-corrected chi connectivity index (χ0v) is 15.2. The molecule has 1 saturated carbocycles. The Kier molecular flexibility index (Phi) is 4.79. The quantitative estimate of drug-likeness (QED) is 0.771. The number of thioether (sulfide) groups is 1. The molecule has 2 aromatic rings. The number of carbonyl (C=O) groups excluding carboxylic acids is 1. The smallest absolute Gasteiger partial charge is 0.319 e. The number of hydrogen-bond acceptors (Lipinski definition) is 5. The third-order valence-corrected chi connectivity index (χ3v) is 6.01. The number of benzene rings is 1. The number of hydrogen-bond donors (Lipinski definition) is 0. The Hall–Kier alpha value is -1.82. The molecule has 25 heavy (non-hydrogen) atoms. The van der Waals surface area contributed by atoms with Gasteiger partial charge in [0.2, 0.25) is 5.16 Å². The van der Waals surface area contributed by atoms with Crippen LogP contribution in [0.15, 0.2) is 35.5 Å². The monoisotopic (exact) mass is 357 g/mol. The van der Waals surface area contributed by atoms with E-state index in [9.17, 15) is 4.79 Å². The van der Waals surface area contributed by atoms with E-state index in [0.717, 1.165) is 30.8 Å². The average Bonchev–Trinajstić information content (AvgIpc) is 3.20. The van der Waals surface area contributed by atoms with Crippen molar-refractivity contribution in [2.24, 2.45) is 0 Å². The molecular weight excluding hydrogens is 334 g/mol. The number of esters is 1. The Balaban J connectivity index is 1.64. The number of para-hydroxylation sites is 1. The van der Waals surface area contributed by atoms with Gasteiger partial charge in [-0.2, -0.15) is 0 Å². The second-order valence-electron chi connectivity index (χ2n) is 6.92. The first-order valence-corrected chi connectivity index (χ1v) is 9.98. The molecule has 5 nitrogen and oxygen atoms in total. The maximum Gasteiger partial charge on any atom is 0.319 e. The highest BCUT2D eigenvalue weighted by Crippen LogP contribution is 2.36. The van der Waals surface area contributed by atoms with E-state index < -0.39 is 0 Å². The van der Waals surface area contributed by atoms with Crippen molar-refractivity contribution in [2.45, 2.75) is 67.9 Å². The van der Waals surface area contributed by atoms with Gasteiger partial charge in [-0.25, -0.2) is 9.67 Å². The molecule has 1 aromatic heterocycles. The molecule has 2 unspecified atom stereocenters. The molecule has 0 N–H and O–H groups in total. The number of nitrogens with zero attached hydrogens (tertiary/aromatic N) is 3. The summed E-state index contributed by atoms with van der Waals surface area (Å²) in [6, 6.07) is 10.2. The van der Waals surface area contributed by atoms with Crippen LogP contribution in [0.3, 0.4) is 0 Å². The van der Waals surface area contributed by atoms with Gasteiger partial charge in [0.05, 0.1) is 5.69 Å². The summed E-state index contributed by atoms with van der Waals surface area (Å²) < 4.78 is 7.24. The maximum absolute atomic E-state index is 11.9. The summed E-state index contributed by atoms with van der Waals surface area (Å²) in [6.45, 7) is 1.93. The van der Waals surface area contributed by atoms with Gasteiger partial charge in [0.15, 0.2) is 0 Å². The van der Waals surface area contributed by atoms with Gasteiger partial charge in [-0.05, 0) is 31.9 Å². The van der Waals surface area contributed by atoms with Crippen molar-refractivity contribution < 1.29 is 9.53 Å². The van der Waals surface area contributed by atoms with E-state index in [1.807, 2.05) is 29.8 Å². The number of carbonyl (C=O) groups is 1. The minimum absolute atomic E-state index is 0.0148. The molecule has 2 aliphatic rings. The predicted molar refractivity (Wildman–Crippen MR) is 97.0 cm³/mol. The predicted octanol–water partition coefficient (Wildman–Crippen LogP) is 4.11. The normalized spacial score (nSPS) is 24.4. The summed E-state index contributed by atoms with van der Waals surface area (Å²) in [5, 5.41) is 5.23. The molecule has 0 radical (unpaired) electrons. The number of ether oxygens (including phenoxy) is 1. The average molecular weight is 357 g/mol. The topological polar surface area (TPSA) is 57.0 Å². The molecule has 132 valence electrons. The van der Waals surface area contributed by atoms with Crippen LogP contribution in [0.1, 0.15) is 57.2 Å². The first-order chi connectivity index (χ1) is 12.2. The molecule has 0 spiro atoms. The largest absolute Gasteiger partial charge is 0.462 e. The Labute approximate surface area is 152 Å². The van der Waals surface area contributed by atoms with Crippen molar-refractivity contribution in [1.29, 1.82) is 0 Å². The summed E-state index contributed by atoms with van der Waals surface area (Å²) in [6.07, 6.45) is 6.85. The fraction of sp³-hybridized carbons (Fsp3) is 0.526. The van der Waals surface area contributed by atoms with E-state index in [1.165, 1.54) is 31.0 Å². The fourth-order valence-corrected chi connectivity index (χ4v) is 4.73. The lowest BCUT2D eigenvalue weighted by atomic mass is 9.88. The SMILES string of the molecule is CC1CC(Sc2nc(C3CCCCC3)n(-c3ccccc3)n2)C(=O)O1. The van der Waals surface area contributed by atoms with Gasteiger partial charge in [-0.15, -0.1) is 5.10 Å². The van der Waals surface area contributed by atoms with Crippen LogP contribution in [0.25, 0.3) is 5.69 Å². The van der Waals surface area contributed by atoms with Gasteiger partial charge in [-0.3, -0.25) is 4.79 Å². The second kappa shape index (κ2) is 7.20. The van der Waals surface area contributed by atoms with Gasteiger partial charge in [0.25, 0.3) is 0 Å². The van der Waals surface area contributed by atoms with Crippen molar-refractivity contribution in [3.8, 4) is 5.69 Å². The summed E-state index contributed by atoms with van der Waals surface area (Å²) in [7, 11) is 0. The molecule has 2 atom stereocenters. The standard InChI is InChI=1S/C19H23N3O2S/c1-13-12-16(18(23)24-13)25-19-20-17(14-8-4-2-5-9-14)22(21-19)15-10-6-3-7-11-15/h3,6-7,10-11,13-14,16H,2,4-5,8-9,12H2,1H3. The minimum Gasteiger partial charge on any atom is -0.462 e. The van der Waals surface area contributed by atoms with Gasteiger partial charge < -0.3 is 4.74 Å². The molecule has 2 fully saturated rings. The van der Waals surface area contributed by atoms with Gasteiger partial charge in [0, 0.05) is 12.3 Å². The van der Waals surface area contributed by atoms with E-state index in [0.29, 0.717) is 11.1 Å². The maximum atomic E-state index is 11.9. The Morgan fingerprint density at radius 3 is 2.60 bits per heavy atom. The summed E-state index contributed by atoms with van der Waals surface area (Å²) in [4.78, 5) is 16.8. The summed E-state index contributed by atoms with van der Waals surface area (Å²) in [5.41, 5.74) is 1.03. The highest BCUT2D eigenvalue weighted by molar-refractivity contribution is 8.00. The van der Waals surface area contributed by atoms with Gasteiger partial charge in [-0.1, -0.05) is 49.2 Å². The molecule has 0 bridgehead atoms. The zero-order valence-electron chi connectivity index (χ0n) is 14.4. The number of aromatic nitrogens is 3. The third-order valence-electron chi connectivity index (χ3n) is 4.96. The lowest BCUT2D eigenvalue weighted by molar-refractivity contribution is -0.140. The van der Waals surface area contributed by atoms with Crippen molar-refractivity contribution >= 4 is 17.7 Å². The molecular formula is C19H23N3O2S. The van der Waals surface area contributed by atoms with Crippen LogP contribution in [0.5, 0.6) is 0 Å². The highest BCUT2D eigenvalue weighted by Gasteiger charge is 2.34. The molecule has 4 rings (SSSR count). The Bertz CT molecular complexity index is 740. The zero-order chi connectivity index (χ0) is 17.2.